The van der Waals surface area contributed by atoms with E-state index in [1.54, 1.807) is 11.3 Å². The minimum absolute atomic E-state index is 0.132. The lowest BCUT2D eigenvalue weighted by Crippen LogP contribution is -2.23. The average molecular weight is 298 g/mol. The van der Waals surface area contributed by atoms with Gasteiger partial charge in [-0.05, 0) is 37.1 Å². The summed E-state index contributed by atoms with van der Waals surface area (Å²) in [5, 5.41) is 3.77. The van der Waals surface area contributed by atoms with E-state index < -0.39 is 0 Å². The molecule has 2 aromatic heterocycles. The van der Waals surface area contributed by atoms with E-state index in [4.69, 9.17) is 4.42 Å². The van der Waals surface area contributed by atoms with Crippen LogP contribution in [0.5, 0.6) is 0 Å². The van der Waals surface area contributed by atoms with Crippen molar-refractivity contribution in [3.05, 3.63) is 42.2 Å². The van der Waals surface area contributed by atoms with Crippen LogP contribution in [0.4, 0.5) is 0 Å². The van der Waals surface area contributed by atoms with Crippen LogP contribution in [-0.2, 0) is 11.3 Å². The van der Waals surface area contributed by atoms with E-state index in [-0.39, 0.29) is 11.8 Å². The Labute approximate surface area is 125 Å². The molecule has 2 heterocycles. The van der Waals surface area contributed by atoms with Gasteiger partial charge in [-0.1, -0.05) is 12.1 Å². The van der Waals surface area contributed by atoms with Crippen molar-refractivity contribution in [3.8, 4) is 10.8 Å². The molecule has 4 rings (SSSR count). The summed E-state index contributed by atoms with van der Waals surface area (Å²) in [6.45, 7) is 0.445. The van der Waals surface area contributed by atoms with Crippen LogP contribution in [0.3, 0.4) is 0 Å². The molecule has 0 radical (unpaired) electrons. The van der Waals surface area contributed by atoms with Crippen LogP contribution in [0.1, 0.15) is 18.6 Å². The van der Waals surface area contributed by atoms with E-state index in [0.29, 0.717) is 6.54 Å². The second kappa shape index (κ2) is 5.00. The Morgan fingerprint density at radius 3 is 2.95 bits per heavy atom. The highest BCUT2D eigenvalue weighted by atomic mass is 32.1. The van der Waals surface area contributed by atoms with Crippen molar-refractivity contribution < 1.29 is 9.21 Å². The molecular weight excluding hydrogens is 284 g/mol. The monoisotopic (exact) mass is 298 g/mol. The highest BCUT2D eigenvalue weighted by molar-refractivity contribution is 7.21. The number of carbonyl (C=O) groups is 1. The summed E-state index contributed by atoms with van der Waals surface area (Å²) >= 11 is 1.61. The van der Waals surface area contributed by atoms with Crippen molar-refractivity contribution in [1.29, 1.82) is 0 Å². The van der Waals surface area contributed by atoms with Crippen molar-refractivity contribution in [1.82, 2.24) is 10.3 Å². The number of carbonyl (C=O) groups excluding carboxylic acids is 1. The van der Waals surface area contributed by atoms with E-state index >= 15 is 0 Å². The molecule has 1 aromatic carbocycles. The number of benzene rings is 1. The lowest BCUT2D eigenvalue weighted by molar-refractivity contribution is -0.122. The highest BCUT2D eigenvalue weighted by Crippen LogP contribution is 2.31. The number of amides is 1. The predicted molar refractivity (Wildman–Crippen MR) is 81.9 cm³/mol. The highest BCUT2D eigenvalue weighted by Gasteiger charge is 2.29. The molecule has 4 nitrogen and oxygen atoms in total. The molecular formula is C16H14N2O2S. The Bertz CT molecular complexity index is 768. The molecule has 1 saturated carbocycles. The van der Waals surface area contributed by atoms with Crippen molar-refractivity contribution in [2.45, 2.75) is 19.4 Å². The van der Waals surface area contributed by atoms with E-state index in [2.05, 4.69) is 16.4 Å². The number of thiazole rings is 1. The van der Waals surface area contributed by atoms with Crippen LogP contribution < -0.4 is 5.32 Å². The largest absolute Gasteiger partial charge is 0.457 e. The maximum Gasteiger partial charge on any atom is 0.223 e. The van der Waals surface area contributed by atoms with Crippen LogP contribution in [0.15, 0.2) is 40.8 Å². The minimum Gasteiger partial charge on any atom is -0.457 e. The molecule has 5 heteroatoms. The van der Waals surface area contributed by atoms with Gasteiger partial charge in [0, 0.05) is 5.92 Å². The standard InChI is InChI=1S/C16H14N2O2S/c19-15(10-5-6-10)17-9-11-7-8-13(20-11)16-18-12-3-1-2-4-14(12)21-16/h1-4,7-8,10H,5-6,9H2,(H,17,19). The quantitative estimate of drug-likeness (QED) is 0.801. The first-order valence-electron chi connectivity index (χ1n) is 7.02. The van der Waals surface area contributed by atoms with Gasteiger partial charge in [-0.2, -0.15) is 0 Å². The molecule has 0 unspecified atom stereocenters. The first kappa shape index (κ1) is 12.6. The number of hydrogen-bond donors (Lipinski definition) is 1. The summed E-state index contributed by atoms with van der Waals surface area (Å²) < 4.78 is 6.93. The number of rotatable bonds is 4. The molecule has 0 saturated heterocycles. The number of fused-ring (bicyclic) bond motifs is 1. The first-order valence-corrected chi connectivity index (χ1v) is 7.83. The van der Waals surface area contributed by atoms with Gasteiger partial charge in [0.05, 0.1) is 16.8 Å². The van der Waals surface area contributed by atoms with Gasteiger partial charge in [0.1, 0.15) is 5.76 Å². The lowest BCUT2D eigenvalue weighted by atomic mass is 10.3. The maximum absolute atomic E-state index is 11.6. The Morgan fingerprint density at radius 2 is 2.14 bits per heavy atom. The zero-order valence-corrected chi connectivity index (χ0v) is 12.2. The van der Waals surface area contributed by atoms with Gasteiger partial charge in [-0.3, -0.25) is 4.79 Å². The molecule has 1 aliphatic rings. The normalized spacial score (nSPS) is 14.5. The van der Waals surface area contributed by atoms with E-state index in [1.165, 1.54) is 0 Å². The lowest BCUT2D eigenvalue weighted by Gasteiger charge is -2.00. The molecule has 0 bridgehead atoms. The van der Waals surface area contributed by atoms with E-state index in [0.717, 1.165) is 39.6 Å². The topological polar surface area (TPSA) is 55.1 Å². The fourth-order valence-corrected chi connectivity index (χ4v) is 3.16. The van der Waals surface area contributed by atoms with Crippen LogP contribution >= 0.6 is 11.3 Å². The Kier molecular flexibility index (Phi) is 3.00. The molecule has 1 N–H and O–H groups in total. The number of nitrogens with zero attached hydrogens (tertiary/aromatic N) is 1. The summed E-state index contributed by atoms with van der Waals surface area (Å²) in [5.41, 5.74) is 0.984. The number of nitrogens with one attached hydrogen (secondary N) is 1. The SMILES string of the molecule is O=C(NCc1ccc(-c2nc3ccccc3s2)o1)C1CC1. The third kappa shape index (κ3) is 2.56. The molecule has 0 aliphatic heterocycles. The van der Waals surface area contributed by atoms with E-state index in [9.17, 15) is 4.79 Å². The van der Waals surface area contributed by atoms with Crippen LogP contribution in [0.25, 0.3) is 21.0 Å². The summed E-state index contributed by atoms with van der Waals surface area (Å²) in [6, 6.07) is 11.8. The minimum atomic E-state index is 0.132. The van der Waals surface area contributed by atoms with Crippen LogP contribution in [0.2, 0.25) is 0 Å². The molecule has 3 aromatic rings. The first-order chi connectivity index (χ1) is 10.3. The fourth-order valence-electron chi connectivity index (χ4n) is 2.23. The van der Waals surface area contributed by atoms with Gasteiger partial charge in [-0.25, -0.2) is 4.98 Å². The Hall–Kier alpha value is -2.14. The van der Waals surface area contributed by atoms with E-state index in [1.807, 2.05) is 30.3 Å². The third-order valence-electron chi connectivity index (χ3n) is 3.55. The molecule has 21 heavy (non-hydrogen) atoms. The molecule has 106 valence electrons. The summed E-state index contributed by atoms with van der Waals surface area (Å²) in [4.78, 5) is 16.2. The van der Waals surface area contributed by atoms with Crippen molar-refractivity contribution in [2.75, 3.05) is 0 Å². The Morgan fingerprint density at radius 1 is 1.29 bits per heavy atom. The van der Waals surface area contributed by atoms with Crippen LogP contribution in [0, 0.1) is 5.92 Å². The van der Waals surface area contributed by atoms with Crippen LogP contribution in [-0.4, -0.2) is 10.9 Å². The fraction of sp³-hybridized carbons (Fsp3) is 0.250. The summed E-state index contributed by atoms with van der Waals surface area (Å²) in [7, 11) is 0. The number of furan rings is 1. The van der Waals surface area contributed by atoms with Crippen molar-refractivity contribution in [3.63, 3.8) is 0 Å². The summed E-state index contributed by atoms with van der Waals surface area (Å²) in [5.74, 6) is 1.88. The molecule has 0 spiro atoms. The van der Waals surface area contributed by atoms with Gasteiger partial charge in [0.25, 0.3) is 0 Å². The van der Waals surface area contributed by atoms with Gasteiger partial charge < -0.3 is 9.73 Å². The zero-order chi connectivity index (χ0) is 14.2. The number of aromatic nitrogens is 1. The molecule has 1 aliphatic carbocycles. The molecule has 1 amide bonds. The number of para-hydroxylation sites is 1. The Balaban J connectivity index is 1.51. The van der Waals surface area contributed by atoms with Gasteiger partial charge in [0.15, 0.2) is 10.8 Å². The zero-order valence-electron chi connectivity index (χ0n) is 11.3. The molecule has 1 fully saturated rings. The van der Waals surface area contributed by atoms with Gasteiger partial charge in [0.2, 0.25) is 5.91 Å². The maximum atomic E-state index is 11.6. The third-order valence-corrected chi connectivity index (χ3v) is 4.60. The number of hydrogen-bond acceptors (Lipinski definition) is 4. The van der Waals surface area contributed by atoms with Gasteiger partial charge >= 0.3 is 0 Å². The second-order valence-electron chi connectivity index (χ2n) is 5.24. The van der Waals surface area contributed by atoms with Crippen molar-refractivity contribution >= 4 is 27.5 Å². The van der Waals surface area contributed by atoms with Gasteiger partial charge in [-0.15, -0.1) is 11.3 Å². The summed E-state index contributed by atoms with van der Waals surface area (Å²) in [6.07, 6.45) is 2.03. The molecule has 0 atom stereocenters. The average Bonchev–Trinajstić information content (AvgIpc) is 3.10. The predicted octanol–water partition coefficient (Wildman–Crippen LogP) is 3.58. The van der Waals surface area contributed by atoms with Crippen molar-refractivity contribution in [2.24, 2.45) is 5.92 Å². The second-order valence-corrected chi connectivity index (χ2v) is 6.28. The smallest absolute Gasteiger partial charge is 0.223 e.